The highest BCUT2D eigenvalue weighted by Crippen LogP contribution is 2.25. The van der Waals surface area contributed by atoms with Crippen LogP contribution in [0.5, 0.6) is 5.75 Å². The topological polar surface area (TPSA) is 81.4 Å². The van der Waals surface area contributed by atoms with Gasteiger partial charge in [-0.15, -0.1) is 10.2 Å². The third-order valence-corrected chi connectivity index (χ3v) is 5.26. The van der Waals surface area contributed by atoms with Crippen molar-refractivity contribution in [3.05, 3.63) is 59.7 Å². The molecule has 0 radical (unpaired) electrons. The number of benzene rings is 2. The lowest BCUT2D eigenvalue weighted by Gasteiger charge is -2.07. The molecule has 0 atom stereocenters. The first-order chi connectivity index (χ1) is 14.1. The van der Waals surface area contributed by atoms with E-state index in [9.17, 15) is 4.79 Å². The summed E-state index contributed by atoms with van der Waals surface area (Å²) in [6.07, 6.45) is 1.65. The van der Waals surface area contributed by atoms with Crippen LogP contribution in [-0.4, -0.2) is 39.7 Å². The Labute approximate surface area is 174 Å². The first-order valence-corrected chi connectivity index (χ1v) is 10.2. The number of methoxy groups -OCH3 is 1. The van der Waals surface area contributed by atoms with Crippen molar-refractivity contribution >= 4 is 23.9 Å². The zero-order valence-corrected chi connectivity index (χ0v) is 17.4. The smallest absolute Gasteiger partial charge is 0.250 e. The summed E-state index contributed by atoms with van der Waals surface area (Å²) in [6.45, 7) is 4.72. The number of hydrazone groups is 1. The number of rotatable bonds is 8. The molecule has 2 aromatic carbocycles. The Morgan fingerprint density at radius 2 is 1.97 bits per heavy atom. The molecule has 1 amide bonds. The number of carbonyl (C=O) groups excluding carboxylic acids is 1. The SMILES string of the molecule is CCn1c(SCC(=O)N/N=C\c2ccccc2C)nnc1-c1ccc(OC)cc1. The molecule has 0 aliphatic carbocycles. The first-order valence-electron chi connectivity index (χ1n) is 9.20. The Balaban J connectivity index is 1.61. The molecule has 0 saturated carbocycles. The summed E-state index contributed by atoms with van der Waals surface area (Å²) in [4.78, 5) is 12.1. The Morgan fingerprint density at radius 1 is 1.21 bits per heavy atom. The number of thioether (sulfide) groups is 1. The molecule has 8 heteroatoms. The average Bonchev–Trinajstić information content (AvgIpc) is 3.16. The number of nitrogens with one attached hydrogen (secondary N) is 1. The van der Waals surface area contributed by atoms with E-state index in [2.05, 4.69) is 20.7 Å². The van der Waals surface area contributed by atoms with Gasteiger partial charge in [-0.05, 0) is 49.2 Å². The molecular weight excluding hydrogens is 386 g/mol. The van der Waals surface area contributed by atoms with Gasteiger partial charge in [0, 0.05) is 12.1 Å². The number of hydrogen-bond acceptors (Lipinski definition) is 6. The molecule has 0 aliphatic heterocycles. The highest BCUT2D eigenvalue weighted by atomic mass is 32.2. The second kappa shape index (κ2) is 9.88. The molecule has 29 heavy (non-hydrogen) atoms. The lowest BCUT2D eigenvalue weighted by molar-refractivity contribution is -0.118. The predicted molar refractivity (Wildman–Crippen MR) is 115 cm³/mol. The largest absolute Gasteiger partial charge is 0.497 e. The Bertz CT molecular complexity index is 999. The maximum absolute atomic E-state index is 12.1. The van der Waals surface area contributed by atoms with Crippen molar-refractivity contribution in [3.63, 3.8) is 0 Å². The van der Waals surface area contributed by atoms with E-state index in [1.165, 1.54) is 11.8 Å². The van der Waals surface area contributed by atoms with Crippen LogP contribution in [0.1, 0.15) is 18.1 Å². The van der Waals surface area contributed by atoms with Gasteiger partial charge in [0.15, 0.2) is 11.0 Å². The number of aryl methyl sites for hydroxylation is 1. The number of amides is 1. The van der Waals surface area contributed by atoms with E-state index < -0.39 is 0 Å². The Morgan fingerprint density at radius 3 is 2.66 bits per heavy atom. The van der Waals surface area contributed by atoms with E-state index >= 15 is 0 Å². The standard InChI is InChI=1S/C21H23N5O2S/c1-4-26-20(16-9-11-18(28-3)12-10-16)24-25-21(26)29-14-19(27)23-22-13-17-8-6-5-7-15(17)2/h5-13H,4,14H2,1-3H3,(H,23,27)/b22-13-. The predicted octanol–water partition coefficient (Wildman–Crippen LogP) is 3.52. The summed E-state index contributed by atoms with van der Waals surface area (Å²) >= 11 is 1.33. The highest BCUT2D eigenvalue weighted by Gasteiger charge is 2.14. The number of ether oxygens (including phenoxy) is 1. The zero-order valence-electron chi connectivity index (χ0n) is 16.6. The maximum Gasteiger partial charge on any atom is 0.250 e. The van der Waals surface area contributed by atoms with Crippen molar-refractivity contribution in [2.75, 3.05) is 12.9 Å². The van der Waals surface area contributed by atoms with Crippen LogP contribution in [0.4, 0.5) is 0 Å². The van der Waals surface area contributed by atoms with Gasteiger partial charge in [0.25, 0.3) is 5.91 Å². The van der Waals surface area contributed by atoms with Crippen LogP contribution in [0.2, 0.25) is 0 Å². The van der Waals surface area contributed by atoms with E-state index in [1.54, 1.807) is 13.3 Å². The van der Waals surface area contributed by atoms with Crippen LogP contribution in [0.25, 0.3) is 11.4 Å². The van der Waals surface area contributed by atoms with Crippen LogP contribution in [-0.2, 0) is 11.3 Å². The molecule has 0 bridgehead atoms. The summed E-state index contributed by atoms with van der Waals surface area (Å²) in [7, 11) is 1.63. The molecule has 0 saturated heterocycles. The second-order valence-corrected chi connectivity index (χ2v) is 7.16. The molecular formula is C21H23N5O2S. The van der Waals surface area contributed by atoms with Gasteiger partial charge in [0.05, 0.1) is 19.1 Å². The van der Waals surface area contributed by atoms with Gasteiger partial charge in [-0.3, -0.25) is 4.79 Å². The van der Waals surface area contributed by atoms with Crippen LogP contribution >= 0.6 is 11.8 Å². The Hall–Kier alpha value is -3.13. The van der Waals surface area contributed by atoms with Crippen LogP contribution in [0, 0.1) is 6.92 Å². The number of carbonyl (C=O) groups is 1. The summed E-state index contributed by atoms with van der Waals surface area (Å²) in [6, 6.07) is 15.5. The van der Waals surface area contributed by atoms with Crippen LogP contribution in [0.3, 0.4) is 0 Å². The molecule has 7 nitrogen and oxygen atoms in total. The lowest BCUT2D eigenvalue weighted by atomic mass is 10.1. The summed E-state index contributed by atoms with van der Waals surface area (Å²) in [5.74, 6) is 1.55. The summed E-state index contributed by atoms with van der Waals surface area (Å²) in [5, 5.41) is 13.3. The maximum atomic E-state index is 12.1. The van der Waals surface area contributed by atoms with Crippen LogP contribution < -0.4 is 10.2 Å². The number of nitrogens with zero attached hydrogens (tertiary/aromatic N) is 4. The second-order valence-electron chi connectivity index (χ2n) is 6.22. The van der Waals surface area contributed by atoms with E-state index in [4.69, 9.17) is 4.74 Å². The third kappa shape index (κ3) is 5.23. The zero-order chi connectivity index (χ0) is 20.6. The first kappa shape index (κ1) is 20.6. The third-order valence-electron chi connectivity index (χ3n) is 4.29. The highest BCUT2D eigenvalue weighted by molar-refractivity contribution is 7.99. The fourth-order valence-corrected chi connectivity index (χ4v) is 3.50. The minimum atomic E-state index is -0.198. The number of aromatic nitrogens is 3. The van der Waals surface area contributed by atoms with E-state index in [-0.39, 0.29) is 11.7 Å². The summed E-state index contributed by atoms with van der Waals surface area (Å²) in [5.41, 5.74) is 5.57. The lowest BCUT2D eigenvalue weighted by Crippen LogP contribution is -2.20. The minimum Gasteiger partial charge on any atom is -0.497 e. The van der Waals surface area contributed by atoms with Gasteiger partial charge in [-0.25, -0.2) is 5.43 Å². The van der Waals surface area contributed by atoms with Gasteiger partial charge in [-0.1, -0.05) is 36.0 Å². The van der Waals surface area contributed by atoms with E-state index in [0.29, 0.717) is 11.7 Å². The van der Waals surface area contributed by atoms with Gasteiger partial charge in [-0.2, -0.15) is 5.10 Å². The molecule has 0 aliphatic rings. The minimum absolute atomic E-state index is 0.198. The quantitative estimate of drug-likeness (QED) is 0.350. The normalized spacial score (nSPS) is 11.0. The molecule has 3 aromatic rings. The van der Waals surface area contributed by atoms with Crippen molar-refractivity contribution in [2.45, 2.75) is 25.5 Å². The molecule has 150 valence electrons. The van der Waals surface area contributed by atoms with Gasteiger partial charge in [0.2, 0.25) is 0 Å². The average molecular weight is 410 g/mol. The fourth-order valence-electron chi connectivity index (χ4n) is 2.70. The molecule has 0 unspecified atom stereocenters. The van der Waals surface area contributed by atoms with Crippen molar-refractivity contribution in [1.82, 2.24) is 20.2 Å². The monoisotopic (exact) mass is 409 g/mol. The van der Waals surface area contributed by atoms with Crippen LogP contribution in [0.15, 0.2) is 58.8 Å². The van der Waals surface area contributed by atoms with Crippen molar-refractivity contribution in [2.24, 2.45) is 5.10 Å². The van der Waals surface area contributed by atoms with Gasteiger partial charge >= 0.3 is 0 Å². The van der Waals surface area contributed by atoms with E-state index in [0.717, 1.165) is 28.3 Å². The molecule has 0 spiro atoms. The fraction of sp³-hybridized carbons (Fsp3) is 0.238. The van der Waals surface area contributed by atoms with E-state index in [1.807, 2.05) is 66.9 Å². The van der Waals surface area contributed by atoms with Gasteiger partial charge in [0.1, 0.15) is 5.75 Å². The van der Waals surface area contributed by atoms with Crippen molar-refractivity contribution in [1.29, 1.82) is 0 Å². The molecule has 1 heterocycles. The number of hydrogen-bond donors (Lipinski definition) is 1. The molecule has 1 N–H and O–H groups in total. The molecule has 3 rings (SSSR count). The van der Waals surface area contributed by atoms with Crippen molar-refractivity contribution < 1.29 is 9.53 Å². The Kier molecular flexibility index (Phi) is 7.02. The van der Waals surface area contributed by atoms with Crippen molar-refractivity contribution in [3.8, 4) is 17.1 Å². The molecule has 0 fully saturated rings. The van der Waals surface area contributed by atoms with Gasteiger partial charge < -0.3 is 9.30 Å². The molecule has 1 aromatic heterocycles. The summed E-state index contributed by atoms with van der Waals surface area (Å²) < 4.78 is 7.18.